The predicted molar refractivity (Wildman–Crippen MR) is 402 cm³/mol. The summed E-state index contributed by atoms with van der Waals surface area (Å²) in [6, 6.07) is 2.98. The van der Waals surface area contributed by atoms with Gasteiger partial charge in [0.2, 0.25) is 17.8 Å². The van der Waals surface area contributed by atoms with Crippen LogP contribution in [0.3, 0.4) is 0 Å². The molecular formula is C57H73N24O40P5. The molecule has 0 saturated carbocycles. The smallest absolute Gasteiger partial charge is 0.394 e. The number of phosphoric ester groups is 5. The van der Waals surface area contributed by atoms with Crippen molar-refractivity contribution in [1.29, 1.82) is 0 Å². The molecule has 0 aromatic carbocycles. The number of nitrogens with two attached hydrogens (primary N) is 6. The zero-order chi connectivity index (χ0) is 90.6. The summed E-state index contributed by atoms with van der Waals surface area (Å²) in [4.78, 5) is 174. The standard InChI is InChI=1S/C57H73N24O40P5/c58-22-1-4-77(56(94)67-22)47-31(87)36(118-122(96,97)106-8-17-28(84)29(85)46(112-17)76-6-3-24(83)69-54(76)63)18(113-47)9-108-125(102,103)121-39-21(116-51(34(39)90)81-15-66-27-43(81)72-53(62)75-45(27)92)12-110-124(100,101)119-37-19(114-48(32(37)88)78-5-2-23(59)68-57(78)95)10-109-126(104,105)120-38-20(115-50(33(38)89)80-14-65-26-42(80)71-52(61)74-44(26)91)11-107-123(98,99)117-35-16(7-82)111-49(30(35)86)79-13-64-25-40(60)70-55(93)73-41(25)79/h1-6,13-21,28-39,46-51,82,84-90H,7-12H2,(H,96,97)(H,98,99)(H,100,101)(H,102,103)(H,104,105)(H2,58,67,94)(H2,59,68,95)(H2,63,69,83)(H3,60,70,73,93)(H3,61,71,74,91)(H3,62,72,75,92)/t16-,17-,18-,19-,20-,21-,28-,29-,30-,31-,32-,33-,34-,35-,36-,37-,38-,39-,46-,47-,48-,49-,50-,51-/m1/s1. The van der Waals surface area contributed by atoms with Gasteiger partial charge < -0.3 is 128 Å². The number of aliphatic hydroxyl groups excluding tert-OH is 8. The van der Waals surface area contributed by atoms with E-state index in [-0.39, 0.29) is 22.8 Å². The van der Waals surface area contributed by atoms with Gasteiger partial charge in [-0.15, -0.1) is 0 Å². The van der Waals surface area contributed by atoms with E-state index in [9.17, 15) is 117 Å². The van der Waals surface area contributed by atoms with Crippen LogP contribution in [0.1, 0.15) is 37.4 Å². The molecule has 6 saturated heterocycles. The summed E-state index contributed by atoms with van der Waals surface area (Å²) in [5.41, 5.74) is 26.4. The van der Waals surface area contributed by atoms with Gasteiger partial charge in [-0.3, -0.25) is 102 Å². The maximum atomic E-state index is 14.5. The number of rotatable bonds is 32. The van der Waals surface area contributed by atoms with E-state index in [2.05, 4.69) is 59.8 Å². The van der Waals surface area contributed by atoms with Crippen LogP contribution < -0.4 is 68.1 Å². The second-order valence-corrected chi connectivity index (χ2v) is 35.2. The van der Waals surface area contributed by atoms with Crippen LogP contribution in [-0.2, 0) is 96.5 Å². The lowest BCUT2D eigenvalue weighted by Gasteiger charge is -2.27. The van der Waals surface area contributed by atoms with Crippen molar-refractivity contribution in [3.63, 3.8) is 0 Å². The highest BCUT2D eigenvalue weighted by atomic mass is 31.2. The van der Waals surface area contributed by atoms with Crippen molar-refractivity contribution in [2.24, 2.45) is 0 Å². The number of nitrogens with one attached hydrogen (secondary N) is 3. The Morgan fingerprint density at radius 1 is 0.365 bits per heavy atom. The number of H-pyrrole nitrogens is 3. The number of fused-ring (bicyclic) bond motifs is 3. The Balaban J connectivity index is 0.658. The van der Waals surface area contributed by atoms with Gasteiger partial charge in [0, 0.05) is 24.7 Å². The normalized spacial score (nSPS) is 32.4. The lowest BCUT2D eigenvalue weighted by molar-refractivity contribution is -0.0659. The largest absolute Gasteiger partial charge is 0.472 e. The van der Waals surface area contributed by atoms with Crippen LogP contribution in [0.15, 0.2) is 84.5 Å². The lowest BCUT2D eigenvalue weighted by atomic mass is 10.1. The molecule has 686 valence electrons. The van der Waals surface area contributed by atoms with Gasteiger partial charge in [0.1, 0.15) is 133 Å². The molecule has 15 rings (SSSR count). The molecule has 28 N–H and O–H groups in total. The summed E-state index contributed by atoms with van der Waals surface area (Å²) in [5.74, 6) is -2.55. The van der Waals surface area contributed by atoms with Crippen molar-refractivity contribution in [3.05, 3.63) is 118 Å². The zero-order valence-corrected chi connectivity index (χ0v) is 67.5. The average molecular weight is 1890 g/mol. The third-order valence-corrected chi connectivity index (χ3v) is 24.9. The van der Waals surface area contributed by atoms with E-state index in [1.165, 1.54) is 0 Å². The van der Waals surface area contributed by atoms with Gasteiger partial charge in [-0.25, -0.2) is 52.2 Å². The van der Waals surface area contributed by atoms with Gasteiger partial charge in [-0.2, -0.15) is 29.9 Å². The fraction of sp³-hybridized carbons (Fsp3) is 0.526. The molecule has 69 heteroatoms. The Kier molecular flexibility index (Phi) is 25.5. The van der Waals surface area contributed by atoms with Gasteiger partial charge in [-0.05, 0) is 12.1 Å². The maximum absolute atomic E-state index is 14.5. The van der Waals surface area contributed by atoms with Crippen LogP contribution in [0.5, 0.6) is 0 Å². The molecule has 9 aromatic heterocycles. The molecule has 5 unspecified atom stereocenters. The number of nitrogen functional groups attached to an aromatic ring is 6. The van der Waals surface area contributed by atoms with E-state index >= 15 is 0 Å². The molecule has 0 aliphatic carbocycles. The second-order valence-electron chi connectivity index (χ2n) is 28.1. The number of nitrogens with zero attached hydrogens (tertiary/aromatic N) is 15. The summed E-state index contributed by atoms with van der Waals surface area (Å²) in [5, 5.41) is 91.1. The Morgan fingerprint density at radius 2 is 0.675 bits per heavy atom. The Hall–Kier alpha value is -9.52. The molecule has 6 aliphatic rings. The van der Waals surface area contributed by atoms with Crippen molar-refractivity contribution < 1.29 is 162 Å². The molecule has 0 radical (unpaired) electrons. The molecule has 29 atom stereocenters. The molecule has 0 bridgehead atoms. The summed E-state index contributed by atoms with van der Waals surface area (Å²) in [6.07, 6.45) is -44.4. The van der Waals surface area contributed by atoms with Crippen molar-refractivity contribution >= 4 is 108 Å². The third-order valence-electron chi connectivity index (χ3n) is 19.9. The molecule has 126 heavy (non-hydrogen) atoms. The summed E-state index contributed by atoms with van der Waals surface area (Å²) in [7, 11) is -29.4. The summed E-state index contributed by atoms with van der Waals surface area (Å²) < 4.78 is 164. The first kappa shape index (κ1) is 91.2. The third kappa shape index (κ3) is 18.6. The molecule has 64 nitrogen and oxygen atoms in total. The second kappa shape index (κ2) is 35.2. The maximum Gasteiger partial charge on any atom is 0.472 e. The number of imidazole rings is 3. The predicted octanol–water partition coefficient (Wildman–Crippen LogP) is -9.94. The average Bonchev–Trinajstić information content (AvgIpc) is 1.62. The van der Waals surface area contributed by atoms with E-state index in [1.807, 2.05) is 0 Å². The quantitative estimate of drug-likeness (QED) is 0.0174. The molecule has 0 spiro atoms. The summed E-state index contributed by atoms with van der Waals surface area (Å²) >= 11 is 0. The molecule has 6 aliphatic heterocycles. The van der Waals surface area contributed by atoms with Gasteiger partial charge in [0.05, 0.1) is 58.6 Å². The van der Waals surface area contributed by atoms with Crippen molar-refractivity contribution in [2.45, 2.75) is 147 Å². The zero-order valence-electron chi connectivity index (χ0n) is 63.0. The minimum atomic E-state index is -6.05. The number of hydrogen-bond acceptors (Lipinski definition) is 50. The fourth-order valence-electron chi connectivity index (χ4n) is 14.2. The highest BCUT2D eigenvalue weighted by Gasteiger charge is 2.58. The van der Waals surface area contributed by atoms with Crippen molar-refractivity contribution in [2.75, 3.05) is 74.0 Å². The van der Waals surface area contributed by atoms with Crippen LogP contribution in [0.4, 0.5) is 35.3 Å². The minimum absolute atomic E-state index is 0.0831. The first-order valence-electron chi connectivity index (χ1n) is 36.2. The van der Waals surface area contributed by atoms with Gasteiger partial charge in [-0.1, -0.05) is 0 Å². The van der Waals surface area contributed by atoms with Gasteiger partial charge in [0.15, 0.2) is 65.3 Å². The number of aromatic amines is 3. The van der Waals surface area contributed by atoms with Crippen LogP contribution in [0, 0.1) is 0 Å². The number of phosphoric acid groups is 5. The molecule has 9 aromatic rings. The fourth-order valence-corrected chi connectivity index (χ4v) is 19.0. The van der Waals surface area contributed by atoms with E-state index in [0.717, 1.165) is 74.0 Å². The highest BCUT2D eigenvalue weighted by Crippen LogP contribution is 2.57. The van der Waals surface area contributed by atoms with Crippen LogP contribution in [-0.4, -0.2) is 302 Å². The topological polar surface area (TPSA) is 948 Å². The monoisotopic (exact) mass is 1890 g/mol. The first-order chi connectivity index (χ1) is 59.3. The van der Waals surface area contributed by atoms with Crippen LogP contribution in [0.25, 0.3) is 33.5 Å². The summed E-state index contributed by atoms with van der Waals surface area (Å²) in [6.45, 7) is -7.83. The van der Waals surface area contributed by atoms with Gasteiger partial charge in [0.25, 0.3) is 16.7 Å². The Bertz CT molecular complexity index is 6260. The lowest BCUT2D eigenvalue weighted by Crippen LogP contribution is -2.39. The van der Waals surface area contributed by atoms with Crippen LogP contribution >= 0.6 is 39.1 Å². The SMILES string of the molecule is Nc1ccn([C@@H]2O[C@H](COP(=O)(O)O[C@H]3[C@@H](O)[C@H](n4cnc5c(=O)[nH]c(N)nc54)O[C@@H]3COP(=O)(O)O[C@H]3[C@@H](O)[C@H](n4ccc(N)nc4=O)O[C@@H]3COP(=O)(O)O[C@H]3[C@@H](O)[C@H](n4cnc5c(=O)[nH]c(N)nc54)O[C@@H]3COP(=O)(O)O[C@H]3[C@@H](O)[C@H](n4cnc5c(N)[nH]c(=O)nc54)O[C@@H]3CO)[C@@H](OP(=O)(O)OC[C@H]3O[C@@H](n4ccc(=O)nc4N)[C@H](O)[C@@H]3O)[C@H]2O)c(=O)n1. The highest BCUT2D eigenvalue weighted by molar-refractivity contribution is 7.48. The minimum Gasteiger partial charge on any atom is -0.394 e. The van der Waals surface area contributed by atoms with E-state index in [0.29, 0.717) is 9.13 Å². The number of ether oxygens (including phenoxy) is 6. The van der Waals surface area contributed by atoms with Crippen LogP contribution in [0.2, 0.25) is 0 Å². The molecule has 15 heterocycles. The van der Waals surface area contributed by atoms with E-state index in [4.69, 9.17) is 108 Å². The van der Waals surface area contributed by atoms with Gasteiger partial charge >= 0.3 is 56.2 Å². The molecule has 0 amide bonds. The molecular weight excluding hydrogens is 1820 g/mol. The number of anilines is 6. The first-order valence-corrected chi connectivity index (χ1v) is 43.6. The van der Waals surface area contributed by atoms with Crippen molar-refractivity contribution in [1.82, 2.24) is 87.2 Å². The number of aliphatic hydroxyl groups is 8. The number of aromatic nitrogens is 18. The Morgan fingerprint density at radius 3 is 1.03 bits per heavy atom. The van der Waals surface area contributed by atoms with E-state index in [1.54, 1.807) is 0 Å². The van der Waals surface area contributed by atoms with Crippen molar-refractivity contribution in [3.8, 4) is 0 Å². The molecule has 6 fully saturated rings. The number of hydrogen-bond donors (Lipinski definition) is 22. The van der Waals surface area contributed by atoms with E-state index < -0.39 is 306 Å². The Labute approximate surface area is 694 Å².